The van der Waals surface area contributed by atoms with Crippen molar-refractivity contribution in [1.29, 1.82) is 0 Å². The number of likely N-dealkylation sites (N-methyl/N-ethyl adjacent to an activating group) is 1. The first-order valence-corrected chi connectivity index (χ1v) is 7.03. The molecule has 5 nitrogen and oxygen atoms in total. The summed E-state index contributed by atoms with van der Waals surface area (Å²) in [6.07, 6.45) is 5.77. The lowest BCUT2D eigenvalue weighted by molar-refractivity contribution is -0.120. The number of hydrogen-bond donors (Lipinski definition) is 1. The second-order valence-corrected chi connectivity index (χ2v) is 4.78. The minimum Gasteiger partial charge on any atom is -0.327 e. The van der Waals surface area contributed by atoms with Gasteiger partial charge in [-0.15, -0.1) is 6.42 Å². The molecule has 0 bridgehead atoms. The second-order valence-electron chi connectivity index (χ2n) is 4.78. The molecule has 1 aliphatic rings. The van der Waals surface area contributed by atoms with Gasteiger partial charge in [0.1, 0.15) is 6.04 Å². The van der Waals surface area contributed by atoms with Crippen LogP contribution < -0.4 is 10.2 Å². The molecule has 21 heavy (non-hydrogen) atoms. The standard InChI is InChI=1S/C16H19N3O2/c1-3-11-17-16(21)18(4-2)14-10-12-19(15(14)20)13-8-6-5-7-9-13/h1,5-9,14H,4,10-12H2,2H3,(H,17,21). The second kappa shape index (κ2) is 6.80. The zero-order valence-electron chi connectivity index (χ0n) is 12.1. The molecule has 1 aliphatic heterocycles. The lowest BCUT2D eigenvalue weighted by Crippen LogP contribution is -2.49. The Morgan fingerprint density at radius 1 is 1.48 bits per heavy atom. The van der Waals surface area contributed by atoms with Crippen LogP contribution in [0.5, 0.6) is 0 Å². The van der Waals surface area contributed by atoms with Crippen LogP contribution in [0, 0.1) is 12.3 Å². The summed E-state index contributed by atoms with van der Waals surface area (Å²) in [7, 11) is 0. The Hall–Kier alpha value is -2.48. The Labute approximate surface area is 124 Å². The summed E-state index contributed by atoms with van der Waals surface area (Å²) in [5.41, 5.74) is 0.866. The van der Waals surface area contributed by atoms with E-state index >= 15 is 0 Å². The lowest BCUT2D eigenvalue weighted by atomic mass is 10.2. The predicted molar refractivity (Wildman–Crippen MR) is 81.8 cm³/mol. The van der Waals surface area contributed by atoms with Crippen LogP contribution in [0.4, 0.5) is 10.5 Å². The van der Waals surface area contributed by atoms with Crippen LogP contribution in [0.2, 0.25) is 0 Å². The van der Waals surface area contributed by atoms with Gasteiger partial charge in [-0.25, -0.2) is 4.79 Å². The Bertz CT molecular complexity index is 550. The van der Waals surface area contributed by atoms with E-state index in [4.69, 9.17) is 6.42 Å². The van der Waals surface area contributed by atoms with Gasteiger partial charge in [-0.05, 0) is 25.5 Å². The van der Waals surface area contributed by atoms with Crippen LogP contribution in [0.25, 0.3) is 0 Å². The fourth-order valence-electron chi connectivity index (χ4n) is 2.55. The van der Waals surface area contributed by atoms with E-state index in [9.17, 15) is 9.59 Å². The van der Waals surface area contributed by atoms with E-state index in [0.717, 1.165) is 5.69 Å². The van der Waals surface area contributed by atoms with Gasteiger partial charge in [-0.2, -0.15) is 0 Å². The number of para-hydroxylation sites is 1. The first-order chi connectivity index (χ1) is 10.2. The van der Waals surface area contributed by atoms with E-state index in [1.165, 1.54) is 0 Å². The molecular formula is C16H19N3O2. The van der Waals surface area contributed by atoms with Gasteiger partial charge in [0.05, 0.1) is 6.54 Å². The summed E-state index contributed by atoms with van der Waals surface area (Å²) in [6.45, 7) is 3.11. The van der Waals surface area contributed by atoms with E-state index in [2.05, 4.69) is 11.2 Å². The van der Waals surface area contributed by atoms with Gasteiger partial charge in [0.2, 0.25) is 5.91 Å². The third kappa shape index (κ3) is 3.16. The fourth-order valence-corrected chi connectivity index (χ4v) is 2.55. The molecule has 2 rings (SSSR count). The molecule has 0 saturated carbocycles. The molecule has 0 aromatic heterocycles. The molecule has 5 heteroatoms. The Morgan fingerprint density at radius 2 is 2.19 bits per heavy atom. The summed E-state index contributed by atoms with van der Waals surface area (Å²) in [6, 6.07) is 8.79. The predicted octanol–water partition coefficient (Wildman–Crippen LogP) is 1.46. The highest BCUT2D eigenvalue weighted by Gasteiger charge is 2.38. The first kappa shape index (κ1) is 14.9. The number of terminal acetylenes is 1. The zero-order chi connectivity index (χ0) is 15.2. The number of amides is 3. The van der Waals surface area contributed by atoms with Gasteiger partial charge >= 0.3 is 6.03 Å². The molecule has 3 amide bonds. The van der Waals surface area contributed by atoms with Crippen LogP contribution in [-0.2, 0) is 4.79 Å². The number of carbonyl (C=O) groups excluding carboxylic acids is 2. The minimum absolute atomic E-state index is 0.0427. The van der Waals surface area contributed by atoms with Gasteiger partial charge < -0.3 is 15.1 Å². The smallest absolute Gasteiger partial charge is 0.318 e. The molecule has 0 aliphatic carbocycles. The van der Waals surface area contributed by atoms with Crippen LogP contribution >= 0.6 is 0 Å². The number of anilines is 1. The Kier molecular flexibility index (Phi) is 4.83. The van der Waals surface area contributed by atoms with Crippen molar-refractivity contribution in [3.05, 3.63) is 30.3 Å². The third-order valence-electron chi connectivity index (χ3n) is 3.56. The molecule has 1 saturated heterocycles. The fraction of sp³-hybridized carbons (Fsp3) is 0.375. The maximum atomic E-state index is 12.5. The number of carbonyl (C=O) groups is 2. The van der Waals surface area contributed by atoms with E-state index in [0.29, 0.717) is 19.5 Å². The van der Waals surface area contributed by atoms with Crippen molar-refractivity contribution >= 4 is 17.6 Å². The van der Waals surface area contributed by atoms with Gasteiger partial charge in [-0.3, -0.25) is 4.79 Å². The van der Waals surface area contributed by atoms with Crippen molar-refractivity contribution in [1.82, 2.24) is 10.2 Å². The molecule has 1 aromatic carbocycles. The first-order valence-electron chi connectivity index (χ1n) is 7.03. The van der Waals surface area contributed by atoms with E-state index in [1.54, 1.807) is 9.80 Å². The molecule has 1 aromatic rings. The van der Waals surface area contributed by atoms with Crippen molar-refractivity contribution in [3.8, 4) is 12.3 Å². The summed E-state index contributed by atoms with van der Waals surface area (Å²) in [4.78, 5) is 27.9. The van der Waals surface area contributed by atoms with Crippen molar-refractivity contribution in [2.75, 3.05) is 24.5 Å². The third-order valence-corrected chi connectivity index (χ3v) is 3.56. The van der Waals surface area contributed by atoms with Crippen LogP contribution in [0.15, 0.2) is 30.3 Å². The Balaban J connectivity index is 2.09. The highest BCUT2D eigenvalue weighted by Crippen LogP contribution is 2.24. The topological polar surface area (TPSA) is 52.7 Å². The van der Waals surface area contributed by atoms with Gasteiger partial charge in [0.15, 0.2) is 0 Å². The van der Waals surface area contributed by atoms with Crippen LogP contribution in [0.1, 0.15) is 13.3 Å². The summed E-state index contributed by atoms with van der Waals surface area (Å²) in [5, 5.41) is 2.62. The number of hydrogen-bond acceptors (Lipinski definition) is 2. The molecule has 1 atom stereocenters. The molecule has 1 heterocycles. The van der Waals surface area contributed by atoms with Crippen molar-refractivity contribution in [2.24, 2.45) is 0 Å². The number of nitrogens with zero attached hydrogens (tertiary/aromatic N) is 2. The average Bonchev–Trinajstić information content (AvgIpc) is 2.89. The van der Waals surface area contributed by atoms with E-state index < -0.39 is 6.04 Å². The summed E-state index contributed by atoms with van der Waals surface area (Å²) >= 11 is 0. The van der Waals surface area contributed by atoms with E-state index in [-0.39, 0.29) is 18.5 Å². The van der Waals surface area contributed by atoms with Crippen LogP contribution in [-0.4, -0.2) is 42.5 Å². The van der Waals surface area contributed by atoms with Crippen LogP contribution in [0.3, 0.4) is 0 Å². The molecule has 110 valence electrons. The molecular weight excluding hydrogens is 266 g/mol. The monoisotopic (exact) mass is 285 g/mol. The highest BCUT2D eigenvalue weighted by molar-refractivity contribution is 6.01. The molecule has 0 spiro atoms. The molecule has 1 fully saturated rings. The van der Waals surface area contributed by atoms with Crippen molar-refractivity contribution < 1.29 is 9.59 Å². The van der Waals surface area contributed by atoms with Gasteiger partial charge in [0.25, 0.3) is 0 Å². The largest absolute Gasteiger partial charge is 0.327 e. The highest BCUT2D eigenvalue weighted by atomic mass is 16.2. The number of urea groups is 1. The maximum Gasteiger partial charge on any atom is 0.318 e. The summed E-state index contributed by atoms with van der Waals surface area (Å²) in [5.74, 6) is 2.32. The summed E-state index contributed by atoms with van der Waals surface area (Å²) < 4.78 is 0. The maximum absolute atomic E-state index is 12.5. The van der Waals surface area contributed by atoms with Gasteiger partial charge in [-0.1, -0.05) is 24.1 Å². The quantitative estimate of drug-likeness (QED) is 0.851. The number of nitrogens with one attached hydrogen (secondary N) is 1. The average molecular weight is 285 g/mol. The SMILES string of the molecule is C#CCNC(=O)N(CC)C1CCN(c2ccccc2)C1=O. The molecule has 1 N–H and O–H groups in total. The lowest BCUT2D eigenvalue weighted by Gasteiger charge is -2.26. The zero-order valence-corrected chi connectivity index (χ0v) is 12.1. The number of benzene rings is 1. The normalized spacial score (nSPS) is 17.4. The molecule has 1 unspecified atom stereocenters. The van der Waals surface area contributed by atoms with Crippen molar-refractivity contribution in [3.63, 3.8) is 0 Å². The van der Waals surface area contributed by atoms with Crippen molar-refractivity contribution in [2.45, 2.75) is 19.4 Å². The van der Waals surface area contributed by atoms with E-state index in [1.807, 2.05) is 37.3 Å². The Morgan fingerprint density at radius 3 is 2.81 bits per heavy atom. The molecule has 0 radical (unpaired) electrons. The number of rotatable bonds is 4. The minimum atomic E-state index is -0.423. The van der Waals surface area contributed by atoms with Gasteiger partial charge in [0, 0.05) is 18.8 Å².